The van der Waals surface area contributed by atoms with E-state index < -0.39 is 10.9 Å². The van der Waals surface area contributed by atoms with Gasteiger partial charge in [-0.15, -0.1) is 0 Å². The number of nitro benzene ring substituents is 1. The van der Waals surface area contributed by atoms with Crippen LogP contribution in [0.25, 0.3) is 10.8 Å². The summed E-state index contributed by atoms with van der Waals surface area (Å²) in [7, 11) is 0. The molecule has 0 spiro atoms. The number of carbonyl (C=O) groups excluding carboxylic acids is 1. The lowest BCUT2D eigenvalue weighted by atomic mass is 10.1. The Kier molecular flexibility index (Phi) is 3.18. The van der Waals surface area contributed by atoms with Crippen molar-refractivity contribution in [2.24, 2.45) is 0 Å². The number of ether oxygens (including phenoxy) is 1. The Balaban J connectivity index is 2.58. The molecule has 0 bridgehead atoms. The maximum absolute atomic E-state index is 11.5. The van der Waals surface area contributed by atoms with Crippen molar-refractivity contribution in [1.29, 1.82) is 0 Å². The van der Waals surface area contributed by atoms with Crippen molar-refractivity contribution in [2.45, 2.75) is 6.92 Å². The molecule has 1 heterocycles. The molecular formula is C12H10N2O4. The number of benzene rings is 1. The molecule has 92 valence electrons. The van der Waals surface area contributed by atoms with Crippen LogP contribution >= 0.6 is 0 Å². The van der Waals surface area contributed by atoms with Crippen LogP contribution in [0, 0.1) is 10.1 Å². The summed E-state index contributed by atoms with van der Waals surface area (Å²) in [6.07, 6.45) is 1.43. The minimum atomic E-state index is -0.586. The first-order valence-electron chi connectivity index (χ1n) is 5.33. The Bertz CT molecular complexity index is 625. The number of fused-ring (bicyclic) bond motifs is 1. The fraction of sp³-hybridized carbons (Fsp3) is 0.167. The van der Waals surface area contributed by atoms with Crippen molar-refractivity contribution < 1.29 is 14.5 Å². The van der Waals surface area contributed by atoms with Crippen LogP contribution in [-0.2, 0) is 4.74 Å². The minimum Gasteiger partial charge on any atom is -0.461 e. The summed E-state index contributed by atoms with van der Waals surface area (Å²) in [5, 5.41) is 11.9. The van der Waals surface area contributed by atoms with E-state index in [0.29, 0.717) is 10.8 Å². The molecule has 0 N–H and O–H groups in total. The van der Waals surface area contributed by atoms with Crippen molar-refractivity contribution >= 4 is 22.4 Å². The Hall–Kier alpha value is -2.50. The van der Waals surface area contributed by atoms with Gasteiger partial charge in [0.15, 0.2) is 0 Å². The number of nitrogens with zero attached hydrogens (tertiary/aromatic N) is 2. The number of rotatable bonds is 3. The summed E-state index contributed by atoms with van der Waals surface area (Å²) >= 11 is 0. The van der Waals surface area contributed by atoms with Gasteiger partial charge in [0, 0.05) is 17.6 Å². The van der Waals surface area contributed by atoms with E-state index in [-0.39, 0.29) is 18.0 Å². The minimum absolute atomic E-state index is 0.0551. The van der Waals surface area contributed by atoms with Crippen molar-refractivity contribution in [3.8, 4) is 0 Å². The van der Waals surface area contributed by atoms with Gasteiger partial charge in [-0.1, -0.05) is 12.1 Å². The summed E-state index contributed by atoms with van der Waals surface area (Å²) in [4.78, 5) is 25.8. The summed E-state index contributed by atoms with van der Waals surface area (Å²) < 4.78 is 4.81. The standard InChI is InChI=1S/C12H10N2O4/c1-2-18-12(15)10-6-9-8(7-13-10)4-3-5-11(9)14(16)17/h3-7H,2H2,1H3. The quantitative estimate of drug-likeness (QED) is 0.471. The molecule has 0 saturated carbocycles. The van der Waals surface area contributed by atoms with Gasteiger partial charge in [0.2, 0.25) is 0 Å². The van der Waals surface area contributed by atoms with Crippen LogP contribution < -0.4 is 0 Å². The molecule has 6 heteroatoms. The molecule has 1 aromatic carbocycles. The number of hydrogen-bond acceptors (Lipinski definition) is 5. The van der Waals surface area contributed by atoms with Crippen molar-refractivity contribution in [1.82, 2.24) is 4.98 Å². The van der Waals surface area contributed by atoms with E-state index >= 15 is 0 Å². The molecule has 0 atom stereocenters. The Labute approximate surface area is 102 Å². The third-order valence-electron chi connectivity index (χ3n) is 2.42. The normalized spacial score (nSPS) is 10.3. The maximum Gasteiger partial charge on any atom is 0.356 e. The highest BCUT2D eigenvalue weighted by molar-refractivity contribution is 5.96. The second-order valence-corrected chi connectivity index (χ2v) is 3.55. The van der Waals surface area contributed by atoms with Gasteiger partial charge in [-0.3, -0.25) is 10.1 Å². The van der Waals surface area contributed by atoms with Gasteiger partial charge in [-0.05, 0) is 13.0 Å². The van der Waals surface area contributed by atoms with E-state index in [1.54, 1.807) is 19.1 Å². The molecule has 18 heavy (non-hydrogen) atoms. The van der Waals surface area contributed by atoms with E-state index in [0.717, 1.165) is 0 Å². The number of aromatic nitrogens is 1. The smallest absolute Gasteiger partial charge is 0.356 e. The predicted octanol–water partition coefficient (Wildman–Crippen LogP) is 2.32. The Morgan fingerprint density at radius 1 is 1.50 bits per heavy atom. The van der Waals surface area contributed by atoms with Crippen LogP contribution in [0.1, 0.15) is 17.4 Å². The average molecular weight is 246 g/mol. The topological polar surface area (TPSA) is 82.3 Å². The van der Waals surface area contributed by atoms with Crippen molar-refractivity contribution in [3.63, 3.8) is 0 Å². The number of carbonyl (C=O) groups is 1. The first-order valence-corrected chi connectivity index (χ1v) is 5.33. The molecule has 0 radical (unpaired) electrons. The van der Waals surface area contributed by atoms with Crippen molar-refractivity contribution in [2.75, 3.05) is 6.61 Å². The zero-order valence-electron chi connectivity index (χ0n) is 9.62. The summed E-state index contributed by atoms with van der Waals surface area (Å²) in [6, 6.07) is 6.04. The molecule has 0 unspecified atom stereocenters. The highest BCUT2D eigenvalue weighted by Gasteiger charge is 2.15. The molecule has 0 fully saturated rings. The van der Waals surface area contributed by atoms with Crippen LogP contribution in [-0.4, -0.2) is 22.5 Å². The van der Waals surface area contributed by atoms with Gasteiger partial charge in [0.05, 0.1) is 16.9 Å². The first-order chi connectivity index (χ1) is 8.63. The zero-order chi connectivity index (χ0) is 13.1. The molecule has 1 aromatic heterocycles. The molecule has 2 rings (SSSR count). The lowest BCUT2D eigenvalue weighted by molar-refractivity contribution is -0.383. The van der Waals surface area contributed by atoms with Crippen LogP contribution in [0.15, 0.2) is 30.5 Å². The van der Waals surface area contributed by atoms with Crippen LogP contribution in [0.4, 0.5) is 5.69 Å². The monoisotopic (exact) mass is 246 g/mol. The predicted molar refractivity (Wildman–Crippen MR) is 64.4 cm³/mol. The highest BCUT2D eigenvalue weighted by Crippen LogP contribution is 2.25. The van der Waals surface area contributed by atoms with E-state index in [1.807, 2.05) is 0 Å². The fourth-order valence-corrected chi connectivity index (χ4v) is 1.63. The van der Waals surface area contributed by atoms with Crippen molar-refractivity contribution in [3.05, 3.63) is 46.3 Å². The van der Waals surface area contributed by atoms with Gasteiger partial charge in [-0.25, -0.2) is 9.78 Å². The summed E-state index contributed by atoms with van der Waals surface area (Å²) in [5.74, 6) is -0.586. The Morgan fingerprint density at radius 3 is 2.94 bits per heavy atom. The average Bonchev–Trinajstić information content (AvgIpc) is 2.37. The largest absolute Gasteiger partial charge is 0.461 e. The third kappa shape index (κ3) is 2.13. The molecule has 0 aliphatic carbocycles. The second kappa shape index (κ2) is 4.79. The number of esters is 1. The van der Waals surface area contributed by atoms with Gasteiger partial charge < -0.3 is 4.74 Å². The number of nitro groups is 1. The third-order valence-corrected chi connectivity index (χ3v) is 2.42. The first kappa shape index (κ1) is 12.0. The molecule has 0 amide bonds. The maximum atomic E-state index is 11.5. The SMILES string of the molecule is CCOC(=O)c1cc2c([N+](=O)[O-])cccc2cn1. The number of hydrogen-bond donors (Lipinski definition) is 0. The molecule has 2 aromatic rings. The molecule has 0 aliphatic heterocycles. The fourth-order valence-electron chi connectivity index (χ4n) is 1.63. The lowest BCUT2D eigenvalue weighted by Crippen LogP contribution is -2.06. The summed E-state index contributed by atoms with van der Waals surface area (Å²) in [6.45, 7) is 1.91. The van der Waals surface area contributed by atoms with Crippen LogP contribution in [0.3, 0.4) is 0 Å². The van der Waals surface area contributed by atoms with E-state index in [2.05, 4.69) is 4.98 Å². The van der Waals surface area contributed by atoms with E-state index in [9.17, 15) is 14.9 Å². The van der Waals surface area contributed by atoms with Gasteiger partial charge in [0.25, 0.3) is 5.69 Å². The number of non-ortho nitro benzene ring substituents is 1. The van der Waals surface area contributed by atoms with Gasteiger partial charge in [-0.2, -0.15) is 0 Å². The van der Waals surface area contributed by atoms with E-state index in [1.165, 1.54) is 18.3 Å². The molecule has 6 nitrogen and oxygen atoms in total. The lowest BCUT2D eigenvalue weighted by Gasteiger charge is -2.03. The molecular weight excluding hydrogens is 236 g/mol. The Morgan fingerprint density at radius 2 is 2.28 bits per heavy atom. The molecule has 0 saturated heterocycles. The van der Waals surface area contributed by atoms with Crippen LogP contribution in [0.2, 0.25) is 0 Å². The zero-order valence-corrected chi connectivity index (χ0v) is 9.62. The number of pyridine rings is 1. The highest BCUT2D eigenvalue weighted by atomic mass is 16.6. The second-order valence-electron chi connectivity index (χ2n) is 3.55. The molecule has 0 aliphatic rings. The summed E-state index contributed by atoms with van der Waals surface area (Å²) in [5.41, 5.74) is 0.0131. The van der Waals surface area contributed by atoms with E-state index in [4.69, 9.17) is 4.74 Å². The van der Waals surface area contributed by atoms with Gasteiger partial charge >= 0.3 is 5.97 Å². The van der Waals surface area contributed by atoms with Crippen LogP contribution in [0.5, 0.6) is 0 Å². The van der Waals surface area contributed by atoms with Gasteiger partial charge in [0.1, 0.15) is 5.69 Å².